The van der Waals surface area contributed by atoms with Crippen LogP contribution in [0.5, 0.6) is 0 Å². The third-order valence-electron chi connectivity index (χ3n) is 2.29. The number of benzene rings is 1. The summed E-state index contributed by atoms with van der Waals surface area (Å²) in [6.45, 7) is 1.11. The summed E-state index contributed by atoms with van der Waals surface area (Å²) in [7, 11) is 0. The molecule has 1 amide bonds. The van der Waals surface area contributed by atoms with Gasteiger partial charge in [0.1, 0.15) is 11.6 Å². The lowest BCUT2D eigenvalue weighted by molar-refractivity contribution is -0.118. The molecule has 0 saturated carbocycles. The molecular weight excluding hydrogens is 202 g/mol. The minimum atomic E-state index is -0.577. The van der Waals surface area contributed by atoms with Gasteiger partial charge < -0.3 is 10.2 Å². The summed E-state index contributed by atoms with van der Waals surface area (Å²) in [6, 6.07) is 3.10. The lowest BCUT2D eigenvalue weighted by atomic mass is 10.2. The van der Waals surface area contributed by atoms with E-state index in [4.69, 9.17) is 0 Å². The fourth-order valence-corrected chi connectivity index (χ4v) is 1.55. The first-order chi connectivity index (χ1) is 7.18. The number of hydrogen-bond donors (Lipinski definition) is 1. The fraction of sp³-hybridized carbons (Fsp3) is 0.300. The summed E-state index contributed by atoms with van der Waals surface area (Å²) in [4.78, 5) is 12.7. The minimum Gasteiger partial charge on any atom is -0.307 e. The molecular formula is C10H10F2N2O. The lowest BCUT2D eigenvalue weighted by Gasteiger charge is -2.27. The normalized spacial score (nSPS) is 16.9. The van der Waals surface area contributed by atoms with Crippen LogP contribution in [0.25, 0.3) is 0 Å². The Morgan fingerprint density at radius 3 is 2.87 bits per heavy atom. The number of amides is 1. The molecule has 1 N–H and O–H groups in total. The van der Waals surface area contributed by atoms with Crippen LogP contribution in [-0.4, -0.2) is 25.5 Å². The minimum absolute atomic E-state index is 0.0153. The molecule has 1 aromatic carbocycles. The maximum Gasteiger partial charge on any atom is 0.241 e. The van der Waals surface area contributed by atoms with E-state index in [-0.39, 0.29) is 18.1 Å². The number of rotatable bonds is 1. The maximum absolute atomic E-state index is 13.3. The average molecular weight is 212 g/mol. The molecule has 2 rings (SSSR count). The van der Waals surface area contributed by atoms with E-state index < -0.39 is 11.6 Å². The van der Waals surface area contributed by atoms with Crippen molar-refractivity contribution in [3.05, 3.63) is 29.8 Å². The number of nitrogens with zero attached hydrogens (tertiary/aromatic N) is 1. The molecule has 0 spiro atoms. The van der Waals surface area contributed by atoms with E-state index in [0.29, 0.717) is 13.1 Å². The molecule has 1 saturated heterocycles. The number of nitrogens with one attached hydrogen (secondary N) is 1. The van der Waals surface area contributed by atoms with Crippen LogP contribution in [0.2, 0.25) is 0 Å². The second-order valence-corrected chi connectivity index (χ2v) is 3.32. The van der Waals surface area contributed by atoms with Crippen molar-refractivity contribution >= 4 is 11.6 Å². The molecule has 0 unspecified atom stereocenters. The highest BCUT2D eigenvalue weighted by Gasteiger charge is 2.22. The molecule has 0 atom stereocenters. The molecule has 0 aliphatic carbocycles. The molecule has 15 heavy (non-hydrogen) atoms. The molecule has 0 bridgehead atoms. The average Bonchev–Trinajstić information content (AvgIpc) is 2.23. The summed E-state index contributed by atoms with van der Waals surface area (Å²) in [5, 5.41) is 2.86. The van der Waals surface area contributed by atoms with E-state index in [9.17, 15) is 13.6 Å². The summed E-state index contributed by atoms with van der Waals surface area (Å²) in [5.41, 5.74) is 0.0153. The van der Waals surface area contributed by atoms with E-state index in [1.54, 1.807) is 0 Å². The van der Waals surface area contributed by atoms with E-state index in [2.05, 4.69) is 5.32 Å². The first-order valence-electron chi connectivity index (χ1n) is 4.64. The van der Waals surface area contributed by atoms with Gasteiger partial charge in [0, 0.05) is 19.2 Å². The Bertz CT molecular complexity index is 395. The maximum atomic E-state index is 13.3. The van der Waals surface area contributed by atoms with Crippen molar-refractivity contribution in [1.82, 2.24) is 5.32 Å². The van der Waals surface area contributed by atoms with Gasteiger partial charge in [-0.15, -0.1) is 0 Å². The number of hydrogen-bond acceptors (Lipinski definition) is 2. The quantitative estimate of drug-likeness (QED) is 0.750. The number of carbonyl (C=O) groups is 1. The van der Waals surface area contributed by atoms with Crippen molar-refractivity contribution in [3.63, 3.8) is 0 Å². The first-order valence-corrected chi connectivity index (χ1v) is 4.64. The molecule has 0 aromatic heterocycles. The van der Waals surface area contributed by atoms with Gasteiger partial charge in [0.05, 0.1) is 12.2 Å². The fourth-order valence-electron chi connectivity index (χ4n) is 1.55. The van der Waals surface area contributed by atoms with E-state index in [1.165, 1.54) is 4.90 Å². The van der Waals surface area contributed by atoms with E-state index in [1.807, 2.05) is 0 Å². The summed E-state index contributed by atoms with van der Waals surface area (Å²) >= 11 is 0. The van der Waals surface area contributed by atoms with E-state index >= 15 is 0 Å². The van der Waals surface area contributed by atoms with Crippen LogP contribution in [0.15, 0.2) is 18.2 Å². The van der Waals surface area contributed by atoms with Gasteiger partial charge in [-0.25, -0.2) is 8.78 Å². The predicted molar refractivity (Wildman–Crippen MR) is 51.6 cm³/mol. The first kappa shape index (κ1) is 10.0. The summed E-state index contributed by atoms with van der Waals surface area (Å²) in [6.07, 6.45) is 0. The molecule has 3 nitrogen and oxygen atoms in total. The number of piperazine rings is 1. The molecule has 1 aromatic rings. The van der Waals surface area contributed by atoms with Gasteiger partial charge in [0.25, 0.3) is 0 Å². The van der Waals surface area contributed by atoms with Crippen LogP contribution in [0.1, 0.15) is 0 Å². The van der Waals surface area contributed by atoms with Gasteiger partial charge in [-0.2, -0.15) is 0 Å². The van der Waals surface area contributed by atoms with Crippen molar-refractivity contribution in [1.29, 1.82) is 0 Å². The highest BCUT2D eigenvalue weighted by molar-refractivity contribution is 5.95. The summed E-state index contributed by atoms with van der Waals surface area (Å²) in [5.74, 6) is -1.37. The Balaban J connectivity index is 2.34. The topological polar surface area (TPSA) is 32.3 Å². The van der Waals surface area contributed by atoms with Crippen molar-refractivity contribution in [2.45, 2.75) is 0 Å². The van der Waals surface area contributed by atoms with Crippen molar-refractivity contribution in [2.24, 2.45) is 0 Å². The Labute approximate surface area is 85.7 Å². The molecule has 1 fully saturated rings. The van der Waals surface area contributed by atoms with Gasteiger partial charge in [0.15, 0.2) is 0 Å². The predicted octanol–water partition coefficient (Wildman–Crippen LogP) is 0.901. The highest BCUT2D eigenvalue weighted by Crippen LogP contribution is 2.21. The van der Waals surface area contributed by atoms with Gasteiger partial charge >= 0.3 is 0 Å². The van der Waals surface area contributed by atoms with Crippen LogP contribution >= 0.6 is 0 Å². The zero-order valence-electron chi connectivity index (χ0n) is 7.96. The number of anilines is 1. The largest absolute Gasteiger partial charge is 0.307 e. The van der Waals surface area contributed by atoms with E-state index in [0.717, 1.165) is 18.2 Å². The zero-order valence-corrected chi connectivity index (χ0v) is 7.96. The van der Waals surface area contributed by atoms with Crippen LogP contribution in [0, 0.1) is 11.6 Å². The van der Waals surface area contributed by atoms with Crippen molar-refractivity contribution in [2.75, 3.05) is 24.5 Å². The molecule has 5 heteroatoms. The molecule has 0 radical (unpaired) electrons. The third-order valence-corrected chi connectivity index (χ3v) is 2.29. The summed E-state index contributed by atoms with van der Waals surface area (Å²) < 4.78 is 26.3. The second kappa shape index (κ2) is 3.94. The van der Waals surface area contributed by atoms with Crippen LogP contribution < -0.4 is 10.2 Å². The Morgan fingerprint density at radius 2 is 2.13 bits per heavy atom. The van der Waals surface area contributed by atoms with Gasteiger partial charge in [-0.1, -0.05) is 0 Å². The molecule has 80 valence electrons. The lowest BCUT2D eigenvalue weighted by Crippen LogP contribution is -2.48. The van der Waals surface area contributed by atoms with Gasteiger partial charge in [-0.3, -0.25) is 4.79 Å². The van der Waals surface area contributed by atoms with Crippen LogP contribution in [0.3, 0.4) is 0 Å². The standard InChI is InChI=1S/C10H10F2N2O/c11-7-1-2-8(12)9(5-7)14-4-3-13-6-10(14)15/h1-2,5,13H,3-4,6H2. The Kier molecular flexibility index (Phi) is 2.64. The number of carbonyl (C=O) groups excluding carboxylic acids is 1. The number of halogens is 2. The van der Waals surface area contributed by atoms with Gasteiger partial charge in [-0.05, 0) is 12.1 Å². The van der Waals surface area contributed by atoms with Crippen molar-refractivity contribution in [3.8, 4) is 0 Å². The zero-order chi connectivity index (χ0) is 10.8. The Hall–Kier alpha value is -1.49. The molecule has 1 aliphatic heterocycles. The molecule has 1 heterocycles. The third kappa shape index (κ3) is 1.97. The monoisotopic (exact) mass is 212 g/mol. The highest BCUT2D eigenvalue weighted by atomic mass is 19.1. The van der Waals surface area contributed by atoms with Crippen LogP contribution in [-0.2, 0) is 4.79 Å². The Morgan fingerprint density at radius 1 is 1.33 bits per heavy atom. The van der Waals surface area contributed by atoms with Crippen molar-refractivity contribution < 1.29 is 13.6 Å². The molecule has 1 aliphatic rings. The van der Waals surface area contributed by atoms with Gasteiger partial charge in [0.2, 0.25) is 5.91 Å². The SMILES string of the molecule is O=C1CNCCN1c1cc(F)ccc1F. The van der Waals surface area contributed by atoms with Crippen LogP contribution in [0.4, 0.5) is 14.5 Å². The smallest absolute Gasteiger partial charge is 0.241 e. The second-order valence-electron chi connectivity index (χ2n) is 3.32.